The average molecular weight is 426 g/mol. The van der Waals surface area contributed by atoms with Gasteiger partial charge in [-0.2, -0.15) is 0 Å². The Bertz CT molecular complexity index is 998. The Balaban J connectivity index is 1.34. The van der Waals surface area contributed by atoms with Crippen LogP contribution in [-0.2, 0) is 6.54 Å². The van der Waals surface area contributed by atoms with Gasteiger partial charge in [0.1, 0.15) is 16.6 Å². The predicted molar refractivity (Wildman–Crippen MR) is 116 cm³/mol. The van der Waals surface area contributed by atoms with Crippen molar-refractivity contribution in [1.82, 2.24) is 14.8 Å². The van der Waals surface area contributed by atoms with E-state index in [0.29, 0.717) is 31.0 Å². The molecule has 3 aromatic rings. The summed E-state index contributed by atoms with van der Waals surface area (Å²) in [5.41, 5.74) is 2.41. The van der Waals surface area contributed by atoms with Crippen LogP contribution in [0.25, 0.3) is 11.3 Å². The molecule has 1 aromatic heterocycles. The first kappa shape index (κ1) is 20.5. The fourth-order valence-corrected chi connectivity index (χ4v) is 4.38. The lowest BCUT2D eigenvalue weighted by atomic mass is 10.1. The lowest BCUT2D eigenvalue weighted by Gasteiger charge is -2.34. The zero-order valence-corrected chi connectivity index (χ0v) is 17.7. The third-order valence-corrected chi connectivity index (χ3v) is 5.96. The highest BCUT2D eigenvalue weighted by atomic mass is 32.1. The summed E-state index contributed by atoms with van der Waals surface area (Å²) in [6.07, 6.45) is 0. The number of para-hydroxylation sites is 1. The van der Waals surface area contributed by atoms with Crippen molar-refractivity contribution in [2.45, 2.75) is 13.5 Å². The van der Waals surface area contributed by atoms with Crippen LogP contribution in [0.5, 0.6) is 5.75 Å². The summed E-state index contributed by atoms with van der Waals surface area (Å²) in [7, 11) is 0. The Morgan fingerprint density at radius 2 is 1.83 bits per heavy atom. The van der Waals surface area contributed by atoms with Gasteiger partial charge in [0.25, 0.3) is 5.91 Å². The first-order valence-electron chi connectivity index (χ1n) is 10.1. The number of nitrogens with zero attached hydrogens (tertiary/aromatic N) is 3. The number of hydrogen-bond acceptors (Lipinski definition) is 5. The second kappa shape index (κ2) is 9.36. The first-order valence-corrected chi connectivity index (χ1v) is 11.0. The number of carbonyl (C=O) groups is 1. The molecule has 2 aromatic carbocycles. The fourth-order valence-electron chi connectivity index (χ4n) is 3.53. The standard InChI is InChI=1S/C23H24FN3O2S/c1-2-29-21-6-4-3-5-19(21)23(28)27-13-11-26(12-14-27)15-22-25-20(16-30-22)17-7-9-18(24)10-8-17/h3-10,16H,2,11-15H2,1H3. The predicted octanol–water partition coefficient (Wildman–Crippen LogP) is 4.31. The van der Waals surface area contributed by atoms with Gasteiger partial charge in [-0.1, -0.05) is 12.1 Å². The SMILES string of the molecule is CCOc1ccccc1C(=O)N1CCN(Cc2nc(-c3ccc(F)cc3)cs2)CC1. The van der Waals surface area contributed by atoms with Gasteiger partial charge in [0.2, 0.25) is 0 Å². The number of benzene rings is 2. The summed E-state index contributed by atoms with van der Waals surface area (Å²) in [5.74, 6) is 0.417. The van der Waals surface area contributed by atoms with E-state index in [9.17, 15) is 9.18 Å². The van der Waals surface area contributed by atoms with Crippen molar-refractivity contribution < 1.29 is 13.9 Å². The molecule has 1 fully saturated rings. The van der Waals surface area contributed by atoms with Gasteiger partial charge in [0.05, 0.1) is 24.4 Å². The minimum absolute atomic E-state index is 0.0199. The van der Waals surface area contributed by atoms with Gasteiger partial charge in [0.15, 0.2) is 0 Å². The molecule has 7 heteroatoms. The molecular formula is C23H24FN3O2S. The highest BCUT2D eigenvalue weighted by molar-refractivity contribution is 7.09. The van der Waals surface area contributed by atoms with E-state index in [1.807, 2.05) is 41.5 Å². The van der Waals surface area contributed by atoms with E-state index in [-0.39, 0.29) is 11.7 Å². The van der Waals surface area contributed by atoms with Crippen molar-refractivity contribution in [1.29, 1.82) is 0 Å². The molecule has 156 valence electrons. The molecule has 0 N–H and O–H groups in total. The van der Waals surface area contributed by atoms with Gasteiger partial charge in [0, 0.05) is 37.1 Å². The van der Waals surface area contributed by atoms with E-state index in [1.54, 1.807) is 23.5 Å². The van der Waals surface area contributed by atoms with Gasteiger partial charge >= 0.3 is 0 Å². The molecule has 0 bridgehead atoms. The van der Waals surface area contributed by atoms with Crippen molar-refractivity contribution in [3.8, 4) is 17.0 Å². The minimum Gasteiger partial charge on any atom is -0.493 e. The number of ether oxygens (including phenoxy) is 1. The van der Waals surface area contributed by atoms with E-state index in [1.165, 1.54) is 12.1 Å². The number of amides is 1. The molecule has 2 heterocycles. The molecule has 0 aliphatic carbocycles. The summed E-state index contributed by atoms with van der Waals surface area (Å²) in [6.45, 7) is 6.16. The quantitative estimate of drug-likeness (QED) is 0.591. The second-order valence-electron chi connectivity index (χ2n) is 7.13. The van der Waals surface area contributed by atoms with Gasteiger partial charge in [-0.05, 0) is 43.3 Å². The Hall–Kier alpha value is -2.77. The fraction of sp³-hybridized carbons (Fsp3) is 0.304. The third-order valence-electron chi connectivity index (χ3n) is 5.13. The Morgan fingerprint density at radius 3 is 2.57 bits per heavy atom. The third kappa shape index (κ3) is 4.68. The van der Waals surface area contributed by atoms with E-state index < -0.39 is 0 Å². The van der Waals surface area contributed by atoms with Crippen molar-refractivity contribution in [2.75, 3.05) is 32.8 Å². The monoisotopic (exact) mass is 425 g/mol. The Morgan fingerprint density at radius 1 is 1.10 bits per heavy atom. The molecule has 1 aliphatic rings. The van der Waals surface area contributed by atoms with Crippen LogP contribution in [0.1, 0.15) is 22.3 Å². The molecule has 1 amide bonds. The van der Waals surface area contributed by atoms with E-state index >= 15 is 0 Å². The summed E-state index contributed by atoms with van der Waals surface area (Å²) < 4.78 is 18.7. The average Bonchev–Trinajstić information content (AvgIpc) is 3.23. The van der Waals surface area contributed by atoms with Crippen LogP contribution in [-0.4, -0.2) is 53.5 Å². The number of carbonyl (C=O) groups excluding carboxylic acids is 1. The highest BCUT2D eigenvalue weighted by Gasteiger charge is 2.24. The van der Waals surface area contributed by atoms with E-state index in [0.717, 1.165) is 35.9 Å². The van der Waals surface area contributed by atoms with E-state index in [2.05, 4.69) is 4.90 Å². The Labute approximate surface area is 179 Å². The maximum Gasteiger partial charge on any atom is 0.257 e. The largest absolute Gasteiger partial charge is 0.493 e. The molecule has 1 aliphatic heterocycles. The maximum absolute atomic E-state index is 13.1. The number of piperazine rings is 1. The molecular weight excluding hydrogens is 401 g/mol. The Kier molecular flexibility index (Phi) is 6.40. The van der Waals surface area contributed by atoms with Gasteiger partial charge in [-0.15, -0.1) is 11.3 Å². The van der Waals surface area contributed by atoms with Crippen LogP contribution in [0, 0.1) is 5.82 Å². The van der Waals surface area contributed by atoms with Crippen LogP contribution in [0.15, 0.2) is 53.9 Å². The van der Waals surface area contributed by atoms with Gasteiger partial charge < -0.3 is 9.64 Å². The van der Waals surface area contributed by atoms with Crippen LogP contribution in [0.2, 0.25) is 0 Å². The van der Waals surface area contributed by atoms with Crippen LogP contribution in [0.4, 0.5) is 4.39 Å². The molecule has 0 unspecified atom stereocenters. The van der Waals surface area contributed by atoms with Crippen LogP contribution >= 0.6 is 11.3 Å². The van der Waals surface area contributed by atoms with Crippen molar-refractivity contribution in [3.05, 3.63) is 70.3 Å². The normalized spacial score (nSPS) is 14.7. The summed E-state index contributed by atoms with van der Waals surface area (Å²) in [5, 5.41) is 3.03. The zero-order chi connectivity index (χ0) is 20.9. The minimum atomic E-state index is -0.245. The van der Waals surface area contributed by atoms with Crippen molar-refractivity contribution in [2.24, 2.45) is 0 Å². The van der Waals surface area contributed by atoms with Crippen molar-refractivity contribution >= 4 is 17.2 Å². The van der Waals surface area contributed by atoms with E-state index in [4.69, 9.17) is 9.72 Å². The molecule has 0 saturated carbocycles. The second-order valence-corrected chi connectivity index (χ2v) is 8.07. The number of halogens is 1. The lowest BCUT2D eigenvalue weighted by Crippen LogP contribution is -2.48. The summed E-state index contributed by atoms with van der Waals surface area (Å²) in [6, 6.07) is 13.8. The first-order chi connectivity index (χ1) is 14.6. The molecule has 5 nitrogen and oxygen atoms in total. The summed E-state index contributed by atoms with van der Waals surface area (Å²) in [4.78, 5) is 21.8. The topological polar surface area (TPSA) is 45.7 Å². The lowest BCUT2D eigenvalue weighted by molar-refractivity contribution is 0.0624. The highest BCUT2D eigenvalue weighted by Crippen LogP contribution is 2.24. The van der Waals surface area contributed by atoms with Crippen LogP contribution in [0.3, 0.4) is 0 Å². The molecule has 0 radical (unpaired) electrons. The molecule has 0 spiro atoms. The van der Waals surface area contributed by atoms with Gasteiger partial charge in [-0.3, -0.25) is 9.69 Å². The molecule has 4 rings (SSSR count). The maximum atomic E-state index is 13.1. The summed E-state index contributed by atoms with van der Waals surface area (Å²) >= 11 is 1.61. The van der Waals surface area contributed by atoms with Gasteiger partial charge in [-0.25, -0.2) is 9.37 Å². The number of hydrogen-bond donors (Lipinski definition) is 0. The number of thiazole rings is 1. The molecule has 30 heavy (non-hydrogen) atoms. The number of rotatable bonds is 6. The van der Waals surface area contributed by atoms with Crippen molar-refractivity contribution in [3.63, 3.8) is 0 Å². The molecule has 0 atom stereocenters. The van der Waals surface area contributed by atoms with Crippen LogP contribution < -0.4 is 4.74 Å². The molecule has 1 saturated heterocycles. The smallest absolute Gasteiger partial charge is 0.257 e. The zero-order valence-electron chi connectivity index (χ0n) is 16.9. The number of aromatic nitrogens is 1.